The van der Waals surface area contributed by atoms with Crippen molar-refractivity contribution in [3.8, 4) is 0 Å². The Morgan fingerprint density at radius 1 is 0.846 bits per heavy atom. The van der Waals surface area contributed by atoms with E-state index in [9.17, 15) is 14.4 Å². The molecule has 9 nitrogen and oxygen atoms in total. The van der Waals surface area contributed by atoms with Gasteiger partial charge in [0.25, 0.3) is 0 Å². The molecule has 10 heteroatoms. The van der Waals surface area contributed by atoms with Crippen LogP contribution in [0, 0.1) is 56.3 Å². The van der Waals surface area contributed by atoms with Crippen LogP contribution in [0.15, 0.2) is 29.6 Å². The first kappa shape index (κ1) is 51.7. The van der Waals surface area contributed by atoms with Crippen molar-refractivity contribution in [2.45, 2.75) is 146 Å². The van der Waals surface area contributed by atoms with Gasteiger partial charge in [0.2, 0.25) is 0 Å². The van der Waals surface area contributed by atoms with E-state index in [1.54, 1.807) is 0 Å². The number of carbonyl (C=O) groups is 3. The smallest absolute Gasteiger partial charge is 0.657 e. The second-order valence-corrected chi connectivity index (χ2v) is 19.5. The maximum absolute atomic E-state index is 14.4. The van der Waals surface area contributed by atoms with Gasteiger partial charge < -0.3 is 29.7 Å². The molecule has 3 aromatic rings. The Labute approximate surface area is 404 Å². The maximum Gasteiger partial charge on any atom is 2.00 e. The minimum atomic E-state index is -1.19. The summed E-state index contributed by atoms with van der Waals surface area (Å²) in [6.07, 6.45) is 22.5. The van der Waals surface area contributed by atoms with Crippen LogP contribution < -0.4 is 31.0 Å². The van der Waals surface area contributed by atoms with Gasteiger partial charge in [-0.1, -0.05) is 145 Å². The molecule has 1 aliphatic carbocycles. The largest absolute Gasteiger partial charge is 2.00 e. The van der Waals surface area contributed by atoms with Crippen molar-refractivity contribution in [2.75, 3.05) is 13.7 Å². The number of Topliss-reactive ketones (excluding diaryl/α,β-unsaturated/α-hetero) is 1. The van der Waals surface area contributed by atoms with Crippen LogP contribution in [-0.4, -0.2) is 54.5 Å². The Morgan fingerprint density at radius 3 is 2.14 bits per heavy atom. The number of methoxy groups -OCH3 is 1. The number of aromatic nitrogens is 3. The van der Waals surface area contributed by atoms with Gasteiger partial charge >= 0.3 is 35.0 Å². The fourth-order valence-corrected chi connectivity index (χ4v) is 10.2. The summed E-state index contributed by atoms with van der Waals surface area (Å²) in [5.74, 6) is -0.510. The molecule has 1 fully saturated rings. The van der Waals surface area contributed by atoms with Crippen LogP contribution in [0.4, 0.5) is 0 Å². The number of esters is 2. The molecule has 65 heavy (non-hydrogen) atoms. The van der Waals surface area contributed by atoms with E-state index in [1.807, 2.05) is 44.2 Å². The first-order chi connectivity index (χ1) is 30.6. The Hall–Kier alpha value is -4.28. The molecular formula is C55H73MgN4O5-. The third-order valence-electron chi connectivity index (χ3n) is 14.3. The van der Waals surface area contributed by atoms with E-state index in [2.05, 4.69) is 67.3 Å². The van der Waals surface area contributed by atoms with E-state index in [1.165, 1.54) is 57.6 Å². The average molecular weight is 895 g/mol. The van der Waals surface area contributed by atoms with Crippen LogP contribution in [0.1, 0.15) is 180 Å². The third-order valence-corrected chi connectivity index (χ3v) is 14.3. The minimum absolute atomic E-state index is 0. The minimum Gasteiger partial charge on any atom is -0.657 e. The molecule has 2 aliphatic heterocycles. The van der Waals surface area contributed by atoms with Crippen LogP contribution in [0.5, 0.6) is 0 Å². The number of fused-ring (bicyclic) bond motifs is 7. The molecule has 0 saturated carbocycles. The zero-order valence-electron chi connectivity index (χ0n) is 41.3. The zero-order valence-corrected chi connectivity index (χ0v) is 42.8. The van der Waals surface area contributed by atoms with E-state index in [4.69, 9.17) is 24.4 Å². The van der Waals surface area contributed by atoms with Gasteiger partial charge in [0.15, 0.2) is 5.78 Å². The number of ether oxygens (including phenoxy) is 2. The standard InChI is InChI=1S/C55H74N4O5.Mg/c1-13-39-35(8)42-28-44-37(10)41(24-25-48(60)64-27-26-34(7)23-17-22-33(6)21-16-20-32(5)19-15-18-31(3)4)52(58-44)50-51(55(62)63-12)54(61)49-38(11)45(59-53(49)50)30-47-40(14-2)36(9)43(57-47)29-46(39)56-42;/h13,26,28-33,37,41,51H,1,14-25,27H2,2-12H3,(H2,58,59,61);/q-2;+2/p-1/b34-26-,43-29-,44-28-,47-30-;/t32-,33-,37+,41+,51-;/m1./s1. The Morgan fingerprint density at radius 2 is 1.49 bits per heavy atom. The molecule has 3 aromatic heterocycles. The van der Waals surface area contributed by atoms with Crippen molar-refractivity contribution >= 4 is 70.7 Å². The van der Waals surface area contributed by atoms with Crippen molar-refractivity contribution in [3.63, 3.8) is 0 Å². The van der Waals surface area contributed by atoms with E-state index in [0.29, 0.717) is 46.1 Å². The molecule has 0 spiro atoms. The summed E-state index contributed by atoms with van der Waals surface area (Å²) in [4.78, 5) is 56.7. The van der Waals surface area contributed by atoms with Gasteiger partial charge in [-0.25, -0.2) is 0 Å². The predicted molar refractivity (Wildman–Crippen MR) is 264 cm³/mol. The summed E-state index contributed by atoms with van der Waals surface area (Å²) in [6, 6.07) is 0. The summed E-state index contributed by atoms with van der Waals surface area (Å²) in [5, 5.41) is 5.28. The number of nitrogens with zero attached hydrogens (tertiary/aromatic N) is 3. The summed E-state index contributed by atoms with van der Waals surface area (Å²) >= 11 is 0. The molecule has 8 bridgehead atoms. The monoisotopic (exact) mass is 894 g/mol. The molecule has 0 amide bonds. The topological polar surface area (TPSA) is 124 Å². The van der Waals surface area contributed by atoms with Crippen molar-refractivity contribution in [1.82, 2.24) is 20.3 Å². The molecule has 1 saturated heterocycles. The van der Waals surface area contributed by atoms with Gasteiger partial charge in [0.05, 0.1) is 7.11 Å². The molecule has 3 aliphatic rings. The number of hydrogen-bond acceptors (Lipinski definition) is 6. The molecule has 0 aromatic carbocycles. The molecule has 346 valence electrons. The number of allylic oxidation sites excluding steroid dienone is 3. The third kappa shape index (κ3) is 11.6. The summed E-state index contributed by atoms with van der Waals surface area (Å²) in [6.45, 7) is 26.1. The van der Waals surface area contributed by atoms with E-state index in [-0.39, 0.29) is 59.7 Å². The molecule has 1 N–H and O–H groups in total. The summed E-state index contributed by atoms with van der Waals surface area (Å²) in [7, 11) is 1.31. The molecule has 5 atom stereocenters. The van der Waals surface area contributed by atoms with Crippen LogP contribution in [0.3, 0.4) is 0 Å². The number of hydrogen-bond donors (Lipinski definition) is 1. The molecular weight excluding hydrogens is 821 g/mol. The van der Waals surface area contributed by atoms with E-state index in [0.717, 1.165) is 81.1 Å². The van der Waals surface area contributed by atoms with Crippen molar-refractivity contribution < 1.29 is 23.9 Å². The van der Waals surface area contributed by atoms with Gasteiger partial charge in [-0.15, -0.1) is 33.5 Å². The first-order valence-corrected chi connectivity index (χ1v) is 24.1. The molecule has 6 rings (SSSR count). The van der Waals surface area contributed by atoms with Crippen LogP contribution in [0.2, 0.25) is 0 Å². The van der Waals surface area contributed by atoms with Gasteiger partial charge in [0, 0.05) is 35.2 Å². The Bertz CT molecular complexity index is 2450. The van der Waals surface area contributed by atoms with Gasteiger partial charge in [-0.3, -0.25) is 14.4 Å². The first-order valence-electron chi connectivity index (χ1n) is 24.1. The van der Waals surface area contributed by atoms with E-state index >= 15 is 0 Å². The predicted octanol–water partition coefficient (Wildman–Crippen LogP) is 9.58. The fourth-order valence-electron chi connectivity index (χ4n) is 10.2. The van der Waals surface area contributed by atoms with Gasteiger partial charge in [0.1, 0.15) is 12.5 Å². The normalized spacial score (nSPS) is 21.7. The fraction of sp³-hybridized carbons (Fsp3) is 0.545. The van der Waals surface area contributed by atoms with Gasteiger partial charge in [-0.05, 0) is 88.3 Å². The van der Waals surface area contributed by atoms with Crippen molar-refractivity contribution in [1.29, 1.82) is 0 Å². The summed E-state index contributed by atoms with van der Waals surface area (Å²) in [5.41, 5.74) is 11.2. The van der Waals surface area contributed by atoms with Crippen LogP contribution in [-0.2, 0) is 25.5 Å². The SMILES string of the molecule is C=Cc1c2[n-]c(c1C)/C=C1\N/C(=C3\c4[n-]c(c(C)c4C(=O)[C@@H]3C(=O)OC)/C=c3\[n-]/c(c(C)c3CC)=C\2)[C@@H](CCC(=O)OC/C=C(/C)CCC[C@H](C)CCC[C@H](C)CCCC(C)C)[C@@H]1C.[Mg+2]. The average Bonchev–Trinajstić information content (AvgIpc) is 3.99. The molecule has 0 unspecified atom stereocenters. The van der Waals surface area contributed by atoms with Gasteiger partial charge in [-0.2, -0.15) is 0 Å². The van der Waals surface area contributed by atoms with Crippen molar-refractivity contribution in [3.05, 3.63) is 96.5 Å². The quantitative estimate of drug-likeness (QED) is 0.0511. The van der Waals surface area contributed by atoms with E-state index < -0.39 is 11.9 Å². The number of nitrogens with one attached hydrogen (secondary N) is 1. The van der Waals surface area contributed by atoms with Crippen LogP contribution in [0.25, 0.3) is 29.9 Å². The maximum atomic E-state index is 14.4. The van der Waals surface area contributed by atoms with Crippen LogP contribution >= 0.6 is 0 Å². The number of ketones is 1. The second kappa shape index (κ2) is 22.9. The zero-order chi connectivity index (χ0) is 46.4. The second-order valence-electron chi connectivity index (χ2n) is 19.5. The molecule has 5 heterocycles. The summed E-state index contributed by atoms with van der Waals surface area (Å²) < 4.78 is 11.1. The van der Waals surface area contributed by atoms with Crippen molar-refractivity contribution in [2.24, 2.45) is 35.5 Å². The molecule has 0 radical (unpaired) electrons. The Kier molecular flexibility index (Phi) is 18.3. The Balaban J connectivity index is 0.00000793. The number of carbonyl (C=O) groups excluding carboxylic acids is 3. The number of rotatable bonds is 20.